The van der Waals surface area contributed by atoms with Gasteiger partial charge in [-0.25, -0.2) is 0 Å². The molecule has 0 atom stereocenters. The van der Waals surface area contributed by atoms with E-state index in [-0.39, 0.29) is 0 Å². The predicted molar refractivity (Wildman–Crippen MR) is 76.4 cm³/mol. The molecule has 6 heteroatoms. The Hall–Kier alpha value is -0.886. The summed E-state index contributed by atoms with van der Waals surface area (Å²) in [5, 5.41) is 0. The van der Waals surface area contributed by atoms with Crippen LogP contribution in [-0.4, -0.2) is 16.6 Å². The van der Waals surface area contributed by atoms with E-state index in [1.165, 1.54) is 0 Å². The largest absolute Gasteiger partial charge is 0.517 e. The van der Waals surface area contributed by atoms with Gasteiger partial charge in [0.25, 0.3) is 0 Å². The molecule has 0 amide bonds. The normalized spacial score (nSPS) is 17.3. The first-order chi connectivity index (χ1) is 7.98. The summed E-state index contributed by atoms with van der Waals surface area (Å²) in [5.41, 5.74) is 0. The zero-order valence-electron chi connectivity index (χ0n) is 12.6. The van der Waals surface area contributed by atoms with Crippen molar-refractivity contribution in [2.24, 2.45) is 0 Å². The molecule has 0 aromatic carbocycles. The fourth-order valence-electron chi connectivity index (χ4n) is 1.25. The topological polar surface area (TPSA) is 36.9 Å². The summed E-state index contributed by atoms with van der Waals surface area (Å²) in [6.07, 6.45) is 0. The van der Waals surface area contributed by atoms with Crippen LogP contribution in [0.2, 0.25) is 39.3 Å². The summed E-state index contributed by atoms with van der Waals surface area (Å²) in [7, 11) is -3.40. The minimum atomic E-state index is -1.70. The first kappa shape index (κ1) is 15.2. The first-order valence-corrected chi connectivity index (χ1v) is 12.9. The average molecular weight is 288 g/mol. The Morgan fingerprint density at radius 1 is 0.667 bits per heavy atom. The van der Waals surface area contributed by atoms with Crippen LogP contribution in [0.5, 0.6) is 0 Å². The molecule has 0 N–H and O–H groups in total. The van der Waals surface area contributed by atoms with Gasteiger partial charge in [0.2, 0.25) is 16.6 Å². The van der Waals surface area contributed by atoms with E-state index in [1.807, 2.05) is 13.8 Å². The third-order valence-electron chi connectivity index (χ3n) is 1.86. The summed E-state index contributed by atoms with van der Waals surface area (Å²) in [5.74, 6) is 2.18. The zero-order valence-corrected chi connectivity index (χ0v) is 14.6. The molecule has 0 aliphatic carbocycles. The van der Waals surface area contributed by atoms with Crippen molar-refractivity contribution in [1.29, 1.82) is 0 Å². The molecule has 1 aliphatic rings. The summed E-state index contributed by atoms with van der Waals surface area (Å²) >= 11 is 0. The van der Waals surface area contributed by atoms with E-state index in [0.717, 1.165) is 0 Å². The van der Waals surface area contributed by atoms with Crippen LogP contribution in [-0.2, 0) is 18.3 Å². The lowest BCUT2D eigenvalue weighted by Crippen LogP contribution is -2.30. The van der Waals surface area contributed by atoms with Crippen molar-refractivity contribution in [1.82, 2.24) is 0 Å². The lowest BCUT2D eigenvalue weighted by atomic mass is 10.5. The SMILES string of the molecule is CC1=C(O[Si](C)(C)C)OC(C)=C(O[Si](C)(C)C)O1. The Morgan fingerprint density at radius 3 is 1.17 bits per heavy atom. The molecule has 1 rings (SSSR count). The van der Waals surface area contributed by atoms with Crippen LogP contribution in [0.15, 0.2) is 23.4 Å². The molecule has 0 fully saturated rings. The maximum Gasteiger partial charge on any atom is 0.311 e. The van der Waals surface area contributed by atoms with Gasteiger partial charge in [-0.3, -0.25) is 0 Å². The standard InChI is InChI=1S/C12H24O4Si2/c1-9-11(15-17(3,4)5)14-10(2)12(13-9)16-18(6,7)8/h1-8H3. The van der Waals surface area contributed by atoms with Gasteiger partial charge in [0.15, 0.2) is 11.5 Å². The predicted octanol–water partition coefficient (Wildman–Crippen LogP) is 4.11. The lowest BCUT2D eigenvalue weighted by Gasteiger charge is -2.29. The van der Waals surface area contributed by atoms with E-state index in [1.54, 1.807) is 0 Å². The van der Waals surface area contributed by atoms with Gasteiger partial charge in [-0.1, -0.05) is 0 Å². The van der Waals surface area contributed by atoms with Gasteiger partial charge in [-0.05, 0) is 39.3 Å². The van der Waals surface area contributed by atoms with Crippen molar-refractivity contribution in [3.05, 3.63) is 23.4 Å². The monoisotopic (exact) mass is 288 g/mol. The zero-order chi connectivity index (χ0) is 14.1. The number of hydrogen-bond acceptors (Lipinski definition) is 4. The summed E-state index contributed by atoms with van der Waals surface area (Å²) in [6, 6.07) is 0. The van der Waals surface area contributed by atoms with Crippen molar-refractivity contribution in [3.8, 4) is 0 Å². The van der Waals surface area contributed by atoms with Gasteiger partial charge in [0.05, 0.1) is 0 Å². The Balaban J connectivity index is 2.80. The van der Waals surface area contributed by atoms with E-state index in [2.05, 4.69) is 39.3 Å². The molecule has 4 nitrogen and oxygen atoms in total. The maximum absolute atomic E-state index is 5.83. The molecule has 0 spiro atoms. The molecule has 0 aromatic heterocycles. The molecule has 0 saturated carbocycles. The Bertz CT molecular complexity index is 348. The Kier molecular flexibility index (Phi) is 4.22. The van der Waals surface area contributed by atoms with Gasteiger partial charge >= 0.3 is 11.9 Å². The van der Waals surface area contributed by atoms with Gasteiger partial charge in [-0.2, -0.15) is 0 Å². The highest BCUT2D eigenvalue weighted by Gasteiger charge is 2.29. The number of ether oxygens (including phenoxy) is 2. The quantitative estimate of drug-likeness (QED) is 0.729. The van der Waals surface area contributed by atoms with Crippen LogP contribution in [0.1, 0.15) is 13.8 Å². The molecule has 1 heterocycles. The van der Waals surface area contributed by atoms with Gasteiger partial charge in [0.1, 0.15) is 0 Å². The maximum atomic E-state index is 5.83. The van der Waals surface area contributed by atoms with E-state index in [9.17, 15) is 0 Å². The highest BCUT2D eigenvalue weighted by molar-refractivity contribution is 6.70. The number of allylic oxidation sites excluding steroid dienone is 2. The van der Waals surface area contributed by atoms with Crippen LogP contribution >= 0.6 is 0 Å². The van der Waals surface area contributed by atoms with Crippen LogP contribution < -0.4 is 0 Å². The van der Waals surface area contributed by atoms with E-state index in [0.29, 0.717) is 23.4 Å². The highest BCUT2D eigenvalue weighted by Crippen LogP contribution is 2.29. The van der Waals surface area contributed by atoms with Crippen LogP contribution in [0.25, 0.3) is 0 Å². The van der Waals surface area contributed by atoms with E-state index in [4.69, 9.17) is 18.3 Å². The molecular weight excluding hydrogens is 264 g/mol. The minimum absolute atomic E-state index is 0.467. The summed E-state index contributed by atoms with van der Waals surface area (Å²) in [4.78, 5) is 0. The van der Waals surface area contributed by atoms with Crippen LogP contribution in [0.4, 0.5) is 0 Å². The lowest BCUT2D eigenvalue weighted by molar-refractivity contribution is 0.0399. The molecule has 18 heavy (non-hydrogen) atoms. The molecule has 0 saturated heterocycles. The van der Waals surface area contributed by atoms with Crippen molar-refractivity contribution in [3.63, 3.8) is 0 Å². The second-order valence-electron chi connectivity index (χ2n) is 6.32. The number of rotatable bonds is 4. The Morgan fingerprint density at radius 2 is 0.944 bits per heavy atom. The van der Waals surface area contributed by atoms with Gasteiger partial charge < -0.3 is 18.3 Å². The fourth-order valence-corrected chi connectivity index (χ4v) is 2.73. The molecule has 0 radical (unpaired) electrons. The summed E-state index contributed by atoms with van der Waals surface area (Å²) < 4.78 is 23.0. The third kappa shape index (κ3) is 4.77. The highest BCUT2D eigenvalue weighted by atomic mass is 28.4. The smallest absolute Gasteiger partial charge is 0.311 e. The van der Waals surface area contributed by atoms with Crippen LogP contribution in [0.3, 0.4) is 0 Å². The van der Waals surface area contributed by atoms with Gasteiger partial charge in [-0.15, -0.1) is 0 Å². The third-order valence-corrected chi connectivity index (χ3v) is 3.46. The van der Waals surface area contributed by atoms with E-state index < -0.39 is 16.6 Å². The minimum Gasteiger partial charge on any atom is -0.517 e. The van der Waals surface area contributed by atoms with Crippen molar-refractivity contribution in [2.45, 2.75) is 53.1 Å². The number of hydrogen-bond donors (Lipinski definition) is 0. The van der Waals surface area contributed by atoms with Crippen LogP contribution in [0, 0.1) is 0 Å². The fraction of sp³-hybridized carbons (Fsp3) is 0.667. The van der Waals surface area contributed by atoms with Crippen molar-refractivity contribution < 1.29 is 18.3 Å². The summed E-state index contributed by atoms with van der Waals surface area (Å²) in [6.45, 7) is 16.3. The molecular formula is C12H24O4Si2. The molecule has 0 bridgehead atoms. The van der Waals surface area contributed by atoms with E-state index >= 15 is 0 Å². The molecule has 0 aromatic rings. The second kappa shape index (κ2) is 5.01. The second-order valence-corrected chi connectivity index (χ2v) is 15.2. The first-order valence-electron chi connectivity index (χ1n) is 6.13. The van der Waals surface area contributed by atoms with Crippen molar-refractivity contribution in [2.75, 3.05) is 0 Å². The molecule has 1 aliphatic heterocycles. The molecule has 0 unspecified atom stereocenters. The van der Waals surface area contributed by atoms with Gasteiger partial charge in [0, 0.05) is 13.8 Å². The molecule has 104 valence electrons. The van der Waals surface area contributed by atoms with Crippen molar-refractivity contribution >= 4 is 16.6 Å². The average Bonchev–Trinajstić information content (AvgIpc) is 2.08. The Labute approximate surface area is 112 Å².